The summed E-state index contributed by atoms with van der Waals surface area (Å²) in [6.07, 6.45) is 1.58. The first kappa shape index (κ1) is 13.6. The minimum absolute atomic E-state index is 0.561. The van der Waals surface area contributed by atoms with Crippen molar-refractivity contribution >= 4 is 50.6 Å². The number of aryl methyl sites for hydroxylation is 1. The third kappa shape index (κ3) is 2.59. The van der Waals surface area contributed by atoms with Crippen LogP contribution in [0.15, 0.2) is 29.9 Å². The van der Waals surface area contributed by atoms with E-state index in [2.05, 4.69) is 27.6 Å². The van der Waals surface area contributed by atoms with Gasteiger partial charge in [0.1, 0.15) is 17.0 Å². The van der Waals surface area contributed by atoms with Crippen LogP contribution in [0.2, 0.25) is 10.0 Å². The summed E-state index contributed by atoms with van der Waals surface area (Å²) in [5.41, 5.74) is 2.24. The van der Waals surface area contributed by atoms with Crippen LogP contribution in [-0.4, -0.2) is 9.97 Å². The fourth-order valence-corrected chi connectivity index (χ4v) is 3.20. The summed E-state index contributed by atoms with van der Waals surface area (Å²) >= 11 is 13.5. The highest BCUT2D eigenvalue weighted by atomic mass is 35.5. The first-order chi connectivity index (χ1) is 9.65. The first-order valence-corrected chi connectivity index (χ1v) is 7.65. The van der Waals surface area contributed by atoms with E-state index in [1.54, 1.807) is 23.7 Å². The number of hydrogen-bond acceptors (Lipinski definition) is 4. The minimum Gasteiger partial charge on any atom is -0.365 e. The fraction of sp³-hybridized carbons (Fsp3) is 0.143. The summed E-state index contributed by atoms with van der Waals surface area (Å²) < 4.78 is 0. The van der Waals surface area contributed by atoms with Crippen molar-refractivity contribution in [1.82, 2.24) is 9.97 Å². The van der Waals surface area contributed by atoms with E-state index in [9.17, 15) is 0 Å². The van der Waals surface area contributed by atoms with Crippen LogP contribution in [0, 0.1) is 6.92 Å². The molecule has 0 bridgehead atoms. The molecule has 0 unspecified atom stereocenters. The number of nitrogens with one attached hydrogen (secondary N) is 1. The molecule has 2 aromatic heterocycles. The third-order valence-electron chi connectivity index (χ3n) is 3.00. The lowest BCUT2D eigenvalue weighted by Gasteiger charge is -2.08. The van der Waals surface area contributed by atoms with Gasteiger partial charge in [-0.2, -0.15) is 0 Å². The highest BCUT2D eigenvalue weighted by Gasteiger charge is 2.08. The number of halogens is 2. The molecular formula is C14H11Cl2N3S. The van der Waals surface area contributed by atoms with Gasteiger partial charge >= 0.3 is 0 Å². The number of rotatable bonds is 3. The monoisotopic (exact) mass is 323 g/mol. The molecule has 6 heteroatoms. The van der Waals surface area contributed by atoms with Gasteiger partial charge in [-0.3, -0.25) is 0 Å². The molecule has 0 aliphatic heterocycles. The van der Waals surface area contributed by atoms with E-state index < -0.39 is 0 Å². The van der Waals surface area contributed by atoms with Gasteiger partial charge in [-0.15, -0.1) is 11.3 Å². The Morgan fingerprint density at radius 2 is 2.05 bits per heavy atom. The average Bonchev–Trinajstić information content (AvgIpc) is 2.83. The van der Waals surface area contributed by atoms with Gasteiger partial charge in [0.2, 0.25) is 0 Å². The summed E-state index contributed by atoms with van der Waals surface area (Å²) in [4.78, 5) is 9.59. The van der Waals surface area contributed by atoms with E-state index >= 15 is 0 Å². The SMILES string of the molecule is Cc1csc2ncnc(NCc3ccc(Cl)c(Cl)c3)c12. The second-order valence-electron chi connectivity index (χ2n) is 4.42. The Labute approximate surface area is 130 Å². The Balaban J connectivity index is 1.86. The molecule has 0 saturated heterocycles. The lowest BCUT2D eigenvalue weighted by Crippen LogP contribution is -2.02. The van der Waals surface area contributed by atoms with Gasteiger partial charge in [0, 0.05) is 6.54 Å². The van der Waals surface area contributed by atoms with E-state index in [1.165, 1.54) is 5.56 Å². The number of benzene rings is 1. The summed E-state index contributed by atoms with van der Waals surface area (Å²) in [5, 5.41) is 7.62. The lowest BCUT2D eigenvalue weighted by molar-refractivity contribution is 1.10. The van der Waals surface area contributed by atoms with Gasteiger partial charge in [0.25, 0.3) is 0 Å². The van der Waals surface area contributed by atoms with E-state index in [-0.39, 0.29) is 0 Å². The summed E-state index contributed by atoms with van der Waals surface area (Å²) in [5.74, 6) is 0.847. The van der Waals surface area contributed by atoms with E-state index in [0.717, 1.165) is 21.6 Å². The molecule has 3 aromatic rings. The van der Waals surface area contributed by atoms with Crippen molar-refractivity contribution in [1.29, 1.82) is 0 Å². The predicted molar refractivity (Wildman–Crippen MR) is 85.9 cm³/mol. The Kier molecular flexibility index (Phi) is 3.78. The molecule has 0 fully saturated rings. The van der Waals surface area contributed by atoms with Crippen LogP contribution in [0.1, 0.15) is 11.1 Å². The predicted octanol–water partition coefficient (Wildman–Crippen LogP) is 4.92. The van der Waals surface area contributed by atoms with Crippen LogP contribution in [0.4, 0.5) is 5.82 Å². The Morgan fingerprint density at radius 1 is 1.20 bits per heavy atom. The van der Waals surface area contributed by atoms with E-state index in [1.807, 2.05) is 12.1 Å². The van der Waals surface area contributed by atoms with Crippen molar-refractivity contribution in [2.75, 3.05) is 5.32 Å². The van der Waals surface area contributed by atoms with Crippen LogP contribution < -0.4 is 5.32 Å². The molecule has 0 spiro atoms. The Bertz CT molecular complexity index is 770. The van der Waals surface area contributed by atoms with Crippen molar-refractivity contribution < 1.29 is 0 Å². The molecule has 3 nitrogen and oxygen atoms in total. The highest BCUT2D eigenvalue weighted by Crippen LogP contribution is 2.29. The zero-order valence-electron chi connectivity index (χ0n) is 10.7. The average molecular weight is 324 g/mol. The summed E-state index contributed by atoms with van der Waals surface area (Å²) in [7, 11) is 0. The topological polar surface area (TPSA) is 37.8 Å². The normalized spacial score (nSPS) is 10.9. The largest absolute Gasteiger partial charge is 0.365 e. The van der Waals surface area contributed by atoms with Crippen LogP contribution >= 0.6 is 34.5 Å². The first-order valence-electron chi connectivity index (χ1n) is 6.02. The van der Waals surface area contributed by atoms with Crippen LogP contribution in [0.25, 0.3) is 10.2 Å². The summed E-state index contributed by atoms with van der Waals surface area (Å²) in [6.45, 7) is 2.70. The number of anilines is 1. The van der Waals surface area contributed by atoms with Gasteiger partial charge in [-0.1, -0.05) is 29.3 Å². The maximum atomic E-state index is 6.01. The number of nitrogens with zero attached hydrogens (tertiary/aromatic N) is 2. The highest BCUT2D eigenvalue weighted by molar-refractivity contribution is 7.17. The molecule has 3 rings (SSSR count). The smallest absolute Gasteiger partial charge is 0.138 e. The van der Waals surface area contributed by atoms with Gasteiger partial charge in [0.15, 0.2) is 0 Å². The quantitative estimate of drug-likeness (QED) is 0.743. The van der Waals surface area contributed by atoms with E-state index in [4.69, 9.17) is 23.2 Å². The fourth-order valence-electron chi connectivity index (χ4n) is 1.99. The zero-order valence-corrected chi connectivity index (χ0v) is 13.0. The number of thiophene rings is 1. The number of aromatic nitrogens is 2. The molecule has 1 N–H and O–H groups in total. The molecule has 0 atom stereocenters. The van der Waals surface area contributed by atoms with Crippen LogP contribution in [-0.2, 0) is 6.54 Å². The Morgan fingerprint density at radius 3 is 2.85 bits per heavy atom. The van der Waals surface area contributed by atoms with Crippen molar-refractivity contribution in [2.45, 2.75) is 13.5 Å². The lowest BCUT2D eigenvalue weighted by atomic mass is 10.2. The molecule has 0 aliphatic carbocycles. The molecule has 0 saturated carbocycles. The van der Waals surface area contributed by atoms with Gasteiger partial charge in [-0.05, 0) is 35.6 Å². The zero-order chi connectivity index (χ0) is 14.1. The third-order valence-corrected chi connectivity index (χ3v) is 4.74. The molecule has 1 aromatic carbocycles. The molecule has 0 amide bonds. The van der Waals surface area contributed by atoms with Gasteiger partial charge in [0.05, 0.1) is 15.4 Å². The standard InChI is InChI=1S/C14H11Cl2N3S/c1-8-6-20-14-12(8)13(18-7-19-14)17-5-9-2-3-10(15)11(16)4-9/h2-4,6-7H,5H2,1H3,(H,17,18,19). The molecular weight excluding hydrogens is 313 g/mol. The molecule has 0 aliphatic rings. The van der Waals surface area contributed by atoms with E-state index in [0.29, 0.717) is 16.6 Å². The maximum absolute atomic E-state index is 6.01. The van der Waals surface area contributed by atoms with Crippen molar-refractivity contribution in [3.63, 3.8) is 0 Å². The second-order valence-corrected chi connectivity index (χ2v) is 6.10. The van der Waals surface area contributed by atoms with Crippen LogP contribution in [0.5, 0.6) is 0 Å². The second kappa shape index (κ2) is 5.56. The number of fused-ring (bicyclic) bond motifs is 1. The molecule has 102 valence electrons. The number of hydrogen-bond donors (Lipinski definition) is 1. The van der Waals surface area contributed by atoms with Crippen molar-refractivity contribution in [3.8, 4) is 0 Å². The van der Waals surface area contributed by atoms with Gasteiger partial charge in [-0.25, -0.2) is 9.97 Å². The minimum atomic E-state index is 0.561. The molecule has 20 heavy (non-hydrogen) atoms. The van der Waals surface area contributed by atoms with Gasteiger partial charge < -0.3 is 5.32 Å². The van der Waals surface area contributed by atoms with Crippen molar-refractivity contribution in [2.24, 2.45) is 0 Å². The van der Waals surface area contributed by atoms with Crippen molar-refractivity contribution in [3.05, 3.63) is 51.1 Å². The maximum Gasteiger partial charge on any atom is 0.138 e. The molecule has 2 heterocycles. The van der Waals surface area contributed by atoms with Crippen LogP contribution in [0.3, 0.4) is 0 Å². The summed E-state index contributed by atoms with van der Waals surface area (Å²) in [6, 6.07) is 5.60. The Hall–Kier alpha value is -1.36. The molecule has 0 radical (unpaired) electrons.